The van der Waals surface area contributed by atoms with Gasteiger partial charge in [-0.3, -0.25) is 0 Å². The third-order valence-electron chi connectivity index (χ3n) is 7.69. The number of hydrogen-bond donors (Lipinski definition) is 0. The second-order valence-corrected chi connectivity index (χ2v) is 10.4. The Bertz CT molecular complexity index is 1910. The maximum atomic E-state index is 5.12. The molecule has 0 aliphatic heterocycles. The van der Waals surface area contributed by atoms with Gasteiger partial charge in [-0.15, -0.1) is 0 Å². The molecule has 200 valence electrons. The Morgan fingerprint density at radius 2 is 1.00 bits per heavy atom. The van der Waals surface area contributed by atoms with Gasteiger partial charge in [0.25, 0.3) is 0 Å². The highest BCUT2D eigenvalue weighted by Gasteiger charge is 2.19. The zero-order valence-corrected chi connectivity index (χ0v) is 23.1. The summed E-state index contributed by atoms with van der Waals surface area (Å²) in [5.74, 6) is 2.30. The Balaban J connectivity index is 1.40. The van der Waals surface area contributed by atoms with Crippen LogP contribution in [0.1, 0.15) is 17.9 Å². The predicted molar refractivity (Wildman–Crippen MR) is 173 cm³/mol. The summed E-state index contributed by atoms with van der Waals surface area (Å²) in [4.78, 5) is 15.2. The topological polar surface area (TPSA) is 38.7 Å². The van der Waals surface area contributed by atoms with Crippen molar-refractivity contribution in [1.82, 2.24) is 15.0 Å². The Morgan fingerprint density at radius 3 is 1.74 bits per heavy atom. The van der Waals surface area contributed by atoms with Crippen molar-refractivity contribution >= 4 is 0 Å². The Labute approximate surface area is 246 Å². The van der Waals surface area contributed by atoms with Gasteiger partial charge in [-0.05, 0) is 40.3 Å². The van der Waals surface area contributed by atoms with Crippen LogP contribution in [-0.2, 0) is 0 Å². The molecule has 0 spiro atoms. The highest BCUT2D eigenvalue weighted by Crippen LogP contribution is 2.38. The molecule has 1 aliphatic rings. The van der Waals surface area contributed by atoms with Crippen molar-refractivity contribution in [1.29, 1.82) is 0 Å². The Hall–Kier alpha value is -5.41. The van der Waals surface area contributed by atoms with E-state index in [4.69, 9.17) is 15.0 Å². The lowest BCUT2D eigenvalue weighted by Gasteiger charge is -2.19. The van der Waals surface area contributed by atoms with Crippen molar-refractivity contribution in [2.45, 2.75) is 12.3 Å². The fraction of sp³-hybridized carbons (Fsp3) is 0.0513. The molecule has 42 heavy (non-hydrogen) atoms. The van der Waals surface area contributed by atoms with Gasteiger partial charge in [0.05, 0.1) is 0 Å². The summed E-state index contributed by atoms with van der Waals surface area (Å²) in [5.41, 5.74) is 8.80. The number of allylic oxidation sites excluding steroid dienone is 4. The van der Waals surface area contributed by atoms with Gasteiger partial charge in [0.2, 0.25) is 0 Å². The van der Waals surface area contributed by atoms with E-state index in [-0.39, 0.29) is 0 Å². The predicted octanol–water partition coefficient (Wildman–Crippen LogP) is 9.81. The van der Waals surface area contributed by atoms with E-state index in [1.807, 2.05) is 36.4 Å². The largest absolute Gasteiger partial charge is 0.208 e. The molecule has 1 unspecified atom stereocenters. The summed E-state index contributed by atoms with van der Waals surface area (Å²) in [6.45, 7) is 0. The zero-order chi connectivity index (χ0) is 28.1. The van der Waals surface area contributed by atoms with Crippen molar-refractivity contribution in [2.24, 2.45) is 0 Å². The average molecular weight is 540 g/mol. The minimum atomic E-state index is 0.328. The molecular weight excluding hydrogens is 510 g/mol. The molecule has 1 heterocycles. The molecule has 3 heteroatoms. The van der Waals surface area contributed by atoms with Crippen LogP contribution in [0.3, 0.4) is 0 Å². The molecular formula is C39H29N3. The molecule has 0 saturated carbocycles. The first-order chi connectivity index (χ1) is 20.8. The fourth-order valence-corrected chi connectivity index (χ4v) is 5.60. The first-order valence-electron chi connectivity index (χ1n) is 14.3. The van der Waals surface area contributed by atoms with E-state index in [0.717, 1.165) is 39.8 Å². The van der Waals surface area contributed by atoms with Crippen LogP contribution in [0, 0.1) is 0 Å². The summed E-state index contributed by atoms with van der Waals surface area (Å²) in [6.07, 6.45) is 9.78. The fourth-order valence-electron chi connectivity index (χ4n) is 5.60. The molecule has 7 rings (SSSR count). The second kappa shape index (κ2) is 11.6. The van der Waals surface area contributed by atoms with Gasteiger partial charge in [0.15, 0.2) is 17.5 Å². The third-order valence-corrected chi connectivity index (χ3v) is 7.69. The maximum Gasteiger partial charge on any atom is 0.164 e. The average Bonchev–Trinajstić information content (AvgIpc) is 3.09. The molecule has 0 fully saturated rings. The lowest BCUT2D eigenvalue weighted by atomic mass is 9.85. The number of aromatic nitrogens is 3. The molecule has 0 amide bonds. The van der Waals surface area contributed by atoms with Crippen LogP contribution >= 0.6 is 0 Å². The number of hydrogen-bond acceptors (Lipinski definition) is 3. The number of rotatable bonds is 6. The van der Waals surface area contributed by atoms with Crippen LogP contribution in [0.5, 0.6) is 0 Å². The second-order valence-electron chi connectivity index (χ2n) is 10.4. The summed E-state index contributed by atoms with van der Waals surface area (Å²) in [7, 11) is 0. The van der Waals surface area contributed by atoms with E-state index < -0.39 is 0 Å². The zero-order valence-electron chi connectivity index (χ0n) is 23.1. The van der Waals surface area contributed by atoms with E-state index in [1.54, 1.807) is 0 Å². The van der Waals surface area contributed by atoms with Crippen molar-refractivity contribution in [3.05, 3.63) is 163 Å². The Morgan fingerprint density at radius 1 is 0.429 bits per heavy atom. The SMILES string of the molecule is C1=CCC(c2ccccc2-c2ccccc2-c2nc(-c3ccccc3)nc(-c3cccc(-c4ccccc4)c3)n2)C=C1. The third kappa shape index (κ3) is 5.21. The standard InChI is InChI=1S/C39H29N3/c1-4-15-28(16-5-1)31-21-14-22-32(27-31)38-40-37(30-19-8-3-9-20-30)41-39(42-38)36-26-13-12-25-35(36)34-24-11-10-23-33(34)29-17-6-2-7-18-29/h1-17,19-27,29H,18H2. The minimum Gasteiger partial charge on any atom is -0.208 e. The monoisotopic (exact) mass is 539 g/mol. The van der Waals surface area contributed by atoms with Crippen LogP contribution in [0.2, 0.25) is 0 Å². The highest BCUT2D eigenvalue weighted by molar-refractivity contribution is 5.84. The highest BCUT2D eigenvalue weighted by atomic mass is 15.0. The van der Waals surface area contributed by atoms with Crippen molar-refractivity contribution in [3.63, 3.8) is 0 Å². The molecule has 0 radical (unpaired) electrons. The van der Waals surface area contributed by atoms with Gasteiger partial charge >= 0.3 is 0 Å². The van der Waals surface area contributed by atoms with Gasteiger partial charge in [-0.1, -0.05) is 152 Å². The Kier molecular flexibility index (Phi) is 7.06. The van der Waals surface area contributed by atoms with Crippen molar-refractivity contribution in [2.75, 3.05) is 0 Å². The lowest BCUT2D eigenvalue weighted by Crippen LogP contribution is -2.03. The molecule has 0 N–H and O–H groups in total. The van der Waals surface area contributed by atoms with Crippen LogP contribution in [-0.4, -0.2) is 15.0 Å². The molecule has 1 aromatic heterocycles. The quantitative estimate of drug-likeness (QED) is 0.211. The molecule has 0 bridgehead atoms. The van der Waals surface area contributed by atoms with E-state index in [0.29, 0.717) is 23.4 Å². The summed E-state index contributed by atoms with van der Waals surface area (Å²) in [6, 6.07) is 46.1. The lowest BCUT2D eigenvalue weighted by molar-refractivity contribution is 0.856. The normalized spacial score (nSPS) is 14.1. The first-order valence-corrected chi connectivity index (χ1v) is 14.3. The molecule has 6 aromatic rings. The van der Waals surface area contributed by atoms with Crippen LogP contribution in [0.15, 0.2) is 158 Å². The van der Waals surface area contributed by atoms with Gasteiger partial charge in [0.1, 0.15) is 0 Å². The van der Waals surface area contributed by atoms with Gasteiger partial charge in [-0.2, -0.15) is 0 Å². The maximum absolute atomic E-state index is 5.12. The summed E-state index contributed by atoms with van der Waals surface area (Å²) in [5, 5.41) is 0. The number of nitrogens with zero attached hydrogens (tertiary/aromatic N) is 3. The van der Waals surface area contributed by atoms with Crippen LogP contribution in [0.4, 0.5) is 0 Å². The first kappa shape index (κ1) is 25.6. The van der Waals surface area contributed by atoms with E-state index in [1.165, 1.54) is 11.1 Å². The van der Waals surface area contributed by atoms with Crippen LogP contribution in [0.25, 0.3) is 56.4 Å². The van der Waals surface area contributed by atoms with E-state index >= 15 is 0 Å². The molecule has 0 saturated heterocycles. The van der Waals surface area contributed by atoms with Gasteiger partial charge in [-0.25, -0.2) is 15.0 Å². The van der Waals surface area contributed by atoms with Gasteiger partial charge in [0, 0.05) is 22.6 Å². The smallest absolute Gasteiger partial charge is 0.164 e. The van der Waals surface area contributed by atoms with Crippen molar-refractivity contribution < 1.29 is 0 Å². The van der Waals surface area contributed by atoms with E-state index in [9.17, 15) is 0 Å². The summed E-state index contributed by atoms with van der Waals surface area (Å²) < 4.78 is 0. The number of benzene rings is 5. The summed E-state index contributed by atoms with van der Waals surface area (Å²) >= 11 is 0. The molecule has 1 aliphatic carbocycles. The minimum absolute atomic E-state index is 0.328. The molecule has 3 nitrogen and oxygen atoms in total. The molecule has 1 atom stereocenters. The van der Waals surface area contributed by atoms with Crippen molar-refractivity contribution in [3.8, 4) is 56.4 Å². The molecule has 5 aromatic carbocycles. The van der Waals surface area contributed by atoms with Gasteiger partial charge < -0.3 is 0 Å². The van der Waals surface area contributed by atoms with Crippen LogP contribution < -0.4 is 0 Å². The van der Waals surface area contributed by atoms with E-state index in [2.05, 4.69) is 121 Å².